The number of carboxylic acids is 1. The van der Waals surface area contributed by atoms with E-state index in [1.807, 2.05) is 12.2 Å². The van der Waals surface area contributed by atoms with Crippen molar-refractivity contribution in [3.05, 3.63) is 36.5 Å². The molecular weight excluding hydrogens is 630 g/mol. The Hall–Kier alpha value is -2.45. The molecule has 0 amide bonds. The molecule has 0 bridgehead atoms. The standard InChI is InChI=1S/C42H75NO7/c1-6-8-10-12-14-15-16-17-18-19-20-21-22-23-24-25-27-28-30-32-40(44)49-37-38(36-48-35-34-39(42(46)47)43(3,4)5)50-41(45)33-31-29-26-13-11-9-7-2/h9,11,19-20,26,29,38-39H,6-8,10,12-18,21-25,27-28,30-37H2,1-5H3/b11-9+,20-19+,29-26+. The van der Waals surface area contributed by atoms with Gasteiger partial charge in [-0.05, 0) is 51.4 Å². The van der Waals surface area contributed by atoms with E-state index in [0.717, 1.165) is 32.1 Å². The van der Waals surface area contributed by atoms with Gasteiger partial charge in [-0.3, -0.25) is 9.59 Å². The van der Waals surface area contributed by atoms with Gasteiger partial charge in [0.25, 0.3) is 0 Å². The van der Waals surface area contributed by atoms with Crippen molar-refractivity contribution in [2.45, 2.75) is 174 Å². The predicted octanol–water partition coefficient (Wildman–Crippen LogP) is 8.96. The number of carbonyl (C=O) groups excluding carboxylic acids is 3. The molecule has 0 aromatic heterocycles. The smallest absolute Gasteiger partial charge is 0.306 e. The Balaban J connectivity index is 4.25. The average molecular weight is 706 g/mol. The lowest BCUT2D eigenvalue weighted by molar-refractivity contribution is -0.889. The SMILES string of the molecule is CC/C=C/C/C=C/CCC(=O)OC(COCCC(C(=O)[O-])[N+](C)(C)C)COC(=O)CCCCCCCCC/C=C/CCCCCCCCCC. The molecule has 0 aromatic carbocycles. The molecule has 2 atom stereocenters. The first kappa shape index (κ1) is 47.5. The van der Waals surface area contributed by atoms with Gasteiger partial charge in [-0.15, -0.1) is 0 Å². The molecule has 0 N–H and O–H groups in total. The van der Waals surface area contributed by atoms with Crippen LogP contribution in [0.3, 0.4) is 0 Å². The molecule has 0 rings (SSSR count). The van der Waals surface area contributed by atoms with Gasteiger partial charge in [-0.25, -0.2) is 0 Å². The van der Waals surface area contributed by atoms with Gasteiger partial charge in [-0.2, -0.15) is 0 Å². The van der Waals surface area contributed by atoms with Gasteiger partial charge < -0.3 is 28.6 Å². The highest BCUT2D eigenvalue weighted by Crippen LogP contribution is 2.13. The second-order valence-electron chi connectivity index (χ2n) is 14.5. The maximum Gasteiger partial charge on any atom is 0.306 e. The van der Waals surface area contributed by atoms with Crippen LogP contribution in [0.15, 0.2) is 36.5 Å². The number of esters is 2. The van der Waals surface area contributed by atoms with E-state index in [2.05, 4.69) is 38.2 Å². The summed E-state index contributed by atoms with van der Waals surface area (Å²) in [4.78, 5) is 36.5. The van der Waals surface area contributed by atoms with Gasteiger partial charge in [0.15, 0.2) is 6.10 Å². The average Bonchev–Trinajstić information content (AvgIpc) is 3.06. The first-order valence-corrected chi connectivity index (χ1v) is 20.0. The molecule has 2 unspecified atom stereocenters. The Labute approximate surface area is 306 Å². The number of quaternary nitrogens is 1. The number of carbonyl (C=O) groups is 3. The number of likely N-dealkylation sites (N-methyl/N-ethyl adjacent to an activating group) is 1. The van der Waals surface area contributed by atoms with Crippen molar-refractivity contribution in [3.8, 4) is 0 Å². The van der Waals surface area contributed by atoms with Crippen LogP contribution in [0.1, 0.15) is 162 Å². The number of nitrogens with zero attached hydrogens (tertiary/aromatic N) is 1. The number of unbranched alkanes of at least 4 members (excludes halogenated alkanes) is 15. The van der Waals surface area contributed by atoms with Crippen LogP contribution in [-0.4, -0.2) is 75.5 Å². The van der Waals surface area contributed by atoms with Crippen molar-refractivity contribution in [3.63, 3.8) is 0 Å². The van der Waals surface area contributed by atoms with Crippen LogP contribution in [0.4, 0.5) is 0 Å². The quantitative estimate of drug-likeness (QED) is 0.0281. The summed E-state index contributed by atoms with van der Waals surface area (Å²) in [6, 6.07) is -0.732. The normalized spacial score (nSPS) is 13.4. The minimum atomic E-state index is -1.14. The van der Waals surface area contributed by atoms with E-state index in [1.165, 1.54) is 89.9 Å². The van der Waals surface area contributed by atoms with Crippen LogP contribution < -0.4 is 5.11 Å². The van der Waals surface area contributed by atoms with Gasteiger partial charge >= 0.3 is 11.9 Å². The van der Waals surface area contributed by atoms with Gasteiger partial charge in [0.2, 0.25) is 0 Å². The Kier molecular flexibility index (Phi) is 32.0. The second-order valence-corrected chi connectivity index (χ2v) is 14.5. The molecule has 290 valence electrons. The van der Waals surface area contributed by atoms with E-state index in [1.54, 1.807) is 21.1 Å². The van der Waals surface area contributed by atoms with Crippen LogP contribution in [0.2, 0.25) is 0 Å². The third kappa shape index (κ3) is 31.5. The van der Waals surface area contributed by atoms with Crippen molar-refractivity contribution in [2.75, 3.05) is 41.0 Å². The van der Waals surface area contributed by atoms with E-state index in [4.69, 9.17) is 14.2 Å². The third-order valence-corrected chi connectivity index (χ3v) is 8.77. The summed E-state index contributed by atoms with van der Waals surface area (Å²) in [6.45, 7) is 4.43. The fourth-order valence-electron chi connectivity index (χ4n) is 5.65. The highest BCUT2D eigenvalue weighted by Gasteiger charge is 2.25. The minimum Gasteiger partial charge on any atom is -0.544 e. The number of allylic oxidation sites excluding steroid dienone is 6. The summed E-state index contributed by atoms with van der Waals surface area (Å²) < 4.78 is 17.0. The first-order chi connectivity index (χ1) is 24.1. The number of ether oxygens (including phenoxy) is 3. The van der Waals surface area contributed by atoms with Gasteiger partial charge in [-0.1, -0.05) is 127 Å². The molecule has 0 aliphatic heterocycles. The zero-order chi connectivity index (χ0) is 37.1. The van der Waals surface area contributed by atoms with Crippen LogP contribution in [0.5, 0.6) is 0 Å². The van der Waals surface area contributed by atoms with E-state index < -0.39 is 24.1 Å². The summed E-state index contributed by atoms with van der Waals surface area (Å²) in [5, 5.41) is 11.5. The maximum absolute atomic E-state index is 12.5. The van der Waals surface area contributed by atoms with Crippen LogP contribution in [-0.2, 0) is 28.6 Å². The van der Waals surface area contributed by atoms with Crippen molar-refractivity contribution < 1.29 is 38.2 Å². The molecule has 50 heavy (non-hydrogen) atoms. The number of carboxylic acid groups (broad SMARTS) is 1. The first-order valence-electron chi connectivity index (χ1n) is 20.0. The largest absolute Gasteiger partial charge is 0.544 e. The second kappa shape index (κ2) is 33.7. The summed E-state index contributed by atoms with van der Waals surface area (Å²) >= 11 is 0. The Morgan fingerprint density at radius 2 is 1.16 bits per heavy atom. The number of aliphatic carboxylic acids is 1. The minimum absolute atomic E-state index is 0.0165. The molecule has 0 spiro atoms. The zero-order valence-electron chi connectivity index (χ0n) is 32.8. The molecule has 0 aliphatic rings. The zero-order valence-corrected chi connectivity index (χ0v) is 32.8. The Morgan fingerprint density at radius 3 is 1.72 bits per heavy atom. The lowest BCUT2D eigenvalue weighted by Gasteiger charge is -2.34. The molecule has 0 radical (unpaired) electrons. The number of hydrogen-bond donors (Lipinski definition) is 0. The topological polar surface area (TPSA) is 102 Å². The van der Waals surface area contributed by atoms with Gasteiger partial charge in [0.05, 0.1) is 40.3 Å². The molecular formula is C42H75NO7. The van der Waals surface area contributed by atoms with E-state index in [-0.39, 0.29) is 43.1 Å². The molecule has 8 heteroatoms. The summed E-state index contributed by atoms with van der Waals surface area (Å²) in [5.74, 6) is -1.84. The molecule has 0 saturated carbocycles. The summed E-state index contributed by atoms with van der Waals surface area (Å²) in [6.07, 6.45) is 36.4. The Bertz CT molecular complexity index is 922. The van der Waals surface area contributed by atoms with Crippen molar-refractivity contribution >= 4 is 17.9 Å². The van der Waals surface area contributed by atoms with Crippen LogP contribution >= 0.6 is 0 Å². The van der Waals surface area contributed by atoms with Crippen molar-refractivity contribution in [1.29, 1.82) is 0 Å². The van der Waals surface area contributed by atoms with Crippen LogP contribution in [0.25, 0.3) is 0 Å². The van der Waals surface area contributed by atoms with Crippen molar-refractivity contribution in [2.24, 2.45) is 0 Å². The monoisotopic (exact) mass is 706 g/mol. The molecule has 0 aromatic rings. The van der Waals surface area contributed by atoms with E-state index in [9.17, 15) is 19.5 Å². The van der Waals surface area contributed by atoms with Crippen molar-refractivity contribution in [1.82, 2.24) is 0 Å². The lowest BCUT2D eigenvalue weighted by Crippen LogP contribution is -2.55. The van der Waals surface area contributed by atoms with E-state index >= 15 is 0 Å². The molecule has 8 nitrogen and oxygen atoms in total. The Morgan fingerprint density at radius 1 is 0.620 bits per heavy atom. The fourth-order valence-corrected chi connectivity index (χ4v) is 5.65. The fraction of sp³-hybridized carbons (Fsp3) is 0.786. The van der Waals surface area contributed by atoms with Crippen LogP contribution in [0, 0.1) is 0 Å². The predicted molar refractivity (Wildman–Crippen MR) is 203 cm³/mol. The molecule has 0 heterocycles. The molecule has 0 saturated heterocycles. The third-order valence-electron chi connectivity index (χ3n) is 8.77. The lowest BCUT2D eigenvalue weighted by atomic mass is 10.1. The highest BCUT2D eigenvalue weighted by atomic mass is 16.6. The van der Waals surface area contributed by atoms with E-state index in [0.29, 0.717) is 12.8 Å². The number of hydrogen-bond acceptors (Lipinski definition) is 7. The van der Waals surface area contributed by atoms with Gasteiger partial charge in [0.1, 0.15) is 12.6 Å². The maximum atomic E-state index is 12.5. The number of rotatable bonds is 35. The molecule has 0 fully saturated rings. The highest BCUT2D eigenvalue weighted by molar-refractivity contribution is 5.70. The van der Waals surface area contributed by atoms with Gasteiger partial charge in [0, 0.05) is 19.3 Å². The summed E-state index contributed by atoms with van der Waals surface area (Å²) in [7, 11) is 5.37. The molecule has 0 aliphatic carbocycles. The summed E-state index contributed by atoms with van der Waals surface area (Å²) in [5.41, 5.74) is 0.